The van der Waals surface area contributed by atoms with Crippen LogP contribution < -0.4 is 0 Å². The lowest BCUT2D eigenvalue weighted by Gasteiger charge is -2.13. The summed E-state index contributed by atoms with van der Waals surface area (Å²) in [5.41, 5.74) is 0. The van der Waals surface area contributed by atoms with Gasteiger partial charge in [0.2, 0.25) is 0 Å². The van der Waals surface area contributed by atoms with E-state index in [4.69, 9.17) is 4.74 Å². The second-order valence-electron chi connectivity index (χ2n) is 5.24. The van der Waals surface area contributed by atoms with Crippen LogP contribution in [0.15, 0.2) is 0 Å². The van der Waals surface area contributed by atoms with Crippen LogP contribution in [0.5, 0.6) is 0 Å². The third kappa shape index (κ3) is 12.2. The molecular weight excluding hydrogens is 240 g/mol. The third-order valence-electron chi connectivity index (χ3n) is 3.58. The Morgan fingerprint density at radius 3 is 2.00 bits per heavy atom. The van der Waals surface area contributed by atoms with Gasteiger partial charge in [-0.3, -0.25) is 4.79 Å². The molecule has 114 valence electrons. The first kappa shape index (κ1) is 18.4. The topological polar surface area (TPSA) is 35.5 Å². The van der Waals surface area contributed by atoms with Crippen molar-refractivity contribution >= 4 is 5.97 Å². The molecule has 0 aliphatic rings. The fourth-order valence-electron chi connectivity index (χ4n) is 2.33. The molecule has 0 spiro atoms. The molecule has 0 saturated carbocycles. The molecule has 0 fully saturated rings. The normalized spacial score (nSPS) is 12.4. The summed E-state index contributed by atoms with van der Waals surface area (Å²) >= 11 is 0. The van der Waals surface area contributed by atoms with Gasteiger partial charge in [0, 0.05) is 13.5 Å². The van der Waals surface area contributed by atoms with Crippen molar-refractivity contribution in [3.63, 3.8) is 0 Å². The van der Waals surface area contributed by atoms with E-state index in [1.807, 2.05) is 7.11 Å². The number of hydrogen-bond acceptors (Lipinski definition) is 3. The van der Waals surface area contributed by atoms with E-state index in [2.05, 4.69) is 11.7 Å². The highest BCUT2D eigenvalue weighted by Gasteiger charge is 2.05. The van der Waals surface area contributed by atoms with E-state index in [9.17, 15) is 4.79 Å². The van der Waals surface area contributed by atoms with Gasteiger partial charge in [0.05, 0.1) is 13.2 Å². The number of carbonyl (C=O) groups excluding carboxylic acids is 1. The first-order valence-electron chi connectivity index (χ1n) is 7.84. The van der Waals surface area contributed by atoms with Gasteiger partial charge < -0.3 is 9.47 Å². The predicted octanol–water partition coefficient (Wildman–Crippen LogP) is 4.49. The molecule has 3 heteroatoms. The minimum atomic E-state index is -0.0819. The fraction of sp³-hybridized carbons (Fsp3) is 0.938. The van der Waals surface area contributed by atoms with Gasteiger partial charge in [0.1, 0.15) is 0 Å². The van der Waals surface area contributed by atoms with Crippen LogP contribution in [0.4, 0.5) is 0 Å². The molecule has 0 aromatic carbocycles. The van der Waals surface area contributed by atoms with Crippen LogP contribution in [-0.2, 0) is 14.3 Å². The number of esters is 1. The van der Waals surface area contributed by atoms with Gasteiger partial charge in [-0.1, -0.05) is 51.9 Å². The molecule has 0 aliphatic carbocycles. The largest absolute Gasteiger partial charge is 0.469 e. The Hall–Kier alpha value is -0.570. The van der Waals surface area contributed by atoms with Crippen LogP contribution >= 0.6 is 0 Å². The average molecular weight is 272 g/mol. The maximum Gasteiger partial charge on any atom is 0.305 e. The molecule has 0 aromatic rings. The van der Waals surface area contributed by atoms with Gasteiger partial charge in [-0.25, -0.2) is 0 Å². The zero-order valence-electron chi connectivity index (χ0n) is 13.1. The monoisotopic (exact) mass is 272 g/mol. The van der Waals surface area contributed by atoms with Crippen LogP contribution in [-0.4, -0.2) is 26.3 Å². The van der Waals surface area contributed by atoms with Crippen LogP contribution in [0.3, 0.4) is 0 Å². The second-order valence-corrected chi connectivity index (χ2v) is 5.24. The van der Waals surface area contributed by atoms with Crippen LogP contribution in [0.1, 0.15) is 77.6 Å². The van der Waals surface area contributed by atoms with E-state index < -0.39 is 0 Å². The molecule has 1 unspecified atom stereocenters. The Kier molecular flexibility index (Phi) is 13.4. The number of carbonyl (C=O) groups is 1. The summed E-state index contributed by atoms with van der Waals surface area (Å²) in [6.45, 7) is 2.21. The zero-order chi connectivity index (χ0) is 14.3. The maximum absolute atomic E-state index is 10.9. The van der Waals surface area contributed by atoms with Crippen molar-refractivity contribution < 1.29 is 14.3 Å². The second kappa shape index (κ2) is 13.9. The predicted molar refractivity (Wildman–Crippen MR) is 79.3 cm³/mol. The molecule has 0 saturated heterocycles. The van der Waals surface area contributed by atoms with Gasteiger partial charge >= 0.3 is 5.97 Å². The molecule has 1 atom stereocenters. The van der Waals surface area contributed by atoms with Crippen molar-refractivity contribution in [2.24, 2.45) is 0 Å². The van der Waals surface area contributed by atoms with Crippen molar-refractivity contribution in [2.45, 2.75) is 83.7 Å². The average Bonchev–Trinajstić information content (AvgIpc) is 2.43. The highest BCUT2D eigenvalue weighted by atomic mass is 16.5. The number of unbranched alkanes of at least 4 members (excludes halogenated alkanes) is 6. The summed E-state index contributed by atoms with van der Waals surface area (Å²) < 4.78 is 10.1. The molecule has 0 heterocycles. The fourth-order valence-corrected chi connectivity index (χ4v) is 2.33. The van der Waals surface area contributed by atoms with Crippen LogP contribution in [0.25, 0.3) is 0 Å². The van der Waals surface area contributed by atoms with Crippen molar-refractivity contribution in [2.75, 3.05) is 14.2 Å². The molecule has 0 bridgehead atoms. The van der Waals surface area contributed by atoms with E-state index in [0.717, 1.165) is 12.8 Å². The smallest absolute Gasteiger partial charge is 0.305 e. The summed E-state index contributed by atoms with van der Waals surface area (Å²) in [5.74, 6) is -0.0819. The Balaban J connectivity index is 3.20. The van der Waals surface area contributed by atoms with Gasteiger partial charge in [-0.15, -0.1) is 0 Å². The lowest BCUT2D eigenvalue weighted by Crippen LogP contribution is -2.09. The number of hydrogen-bond donors (Lipinski definition) is 0. The molecule has 0 N–H and O–H groups in total. The minimum Gasteiger partial charge on any atom is -0.469 e. The molecular formula is C16H32O3. The number of rotatable bonds is 13. The standard InChI is InChI=1S/C16H32O3/c1-4-12-15(18-2)13-10-8-6-5-7-9-11-14-16(17)19-3/h15H,4-14H2,1-3H3. The number of methoxy groups -OCH3 is 2. The highest BCUT2D eigenvalue weighted by molar-refractivity contribution is 5.68. The first-order valence-corrected chi connectivity index (χ1v) is 7.84. The summed E-state index contributed by atoms with van der Waals surface area (Å²) in [5, 5.41) is 0. The lowest BCUT2D eigenvalue weighted by atomic mass is 10.0. The lowest BCUT2D eigenvalue weighted by molar-refractivity contribution is -0.140. The summed E-state index contributed by atoms with van der Waals surface area (Å²) in [6.07, 6.45) is 13.2. The molecule has 0 aromatic heterocycles. The van der Waals surface area contributed by atoms with Gasteiger partial charge in [0.25, 0.3) is 0 Å². The van der Waals surface area contributed by atoms with E-state index >= 15 is 0 Å². The van der Waals surface area contributed by atoms with Crippen molar-refractivity contribution in [1.29, 1.82) is 0 Å². The summed E-state index contributed by atoms with van der Waals surface area (Å²) in [4.78, 5) is 10.9. The highest BCUT2D eigenvalue weighted by Crippen LogP contribution is 2.14. The maximum atomic E-state index is 10.9. The molecule has 0 amide bonds. The molecule has 0 aliphatic heterocycles. The molecule has 0 rings (SSSR count). The Morgan fingerprint density at radius 1 is 0.895 bits per heavy atom. The van der Waals surface area contributed by atoms with E-state index in [-0.39, 0.29) is 5.97 Å². The Bertz CT molecular complexity index is 204. The molecule has 0 radical (unpaired) electrons. The minimum absolute atomic E-state index is 0.0819. The van der Waals surface area contributed by atoms with Crippen molar-refractivity contribution in [3.05, 3.63) is 0 Å². The van der Waals surface area contributed by atoms with E-state index in [0.29, 0.717) is 12.5 Å². The summed E-state index contributed by atoms with van der Waals surface area (Å²) in [6, 6.07) is 0. The first-order chi connectivity index (χ1) is 9.24. The quantitative estimate of drug-likeness (QED) is 0.366. The van der Waals surface area contributed by atoms with Gasteiger partial charge in [-0.05, 0) is 19.3 Å². The SMILES string of the molecule is CCCC(CCCCCCCCCC(=O)OC)OC. The van der Waals surface area contributed by atoms with Crippen LogP contribution in [0.2, 0.25) is 0 Å². The Morgan fingerprint density at radius 2 is 1.47 bits per heavy atom. The van der Waals surface area contributed by atoms with Crippen molar-refractivity contribution in [3.8, 4) is 0 Å². The van der Waals surface area contributed by atoms with Gasteiger partial charge in [0.15, 0.2) is 0 Å². The molecule has 3 nitrogen and oxygen atoms in total. The Labute approximate surface area is 119 Å². The zero-order valence-corrected chi connectivity index (χ0v) is 13.1. The van der Waals surface area contributed by atoms with Crippen molar-refractivity contribution in [1.82, 2.24) is 0 Å². The summed E-state index contributed by atoms with van der Waals surface area (Å²) in [7, 11) is 3.27. The number of ether oxygens (including phenoxy) is 2. The van der Waals surface area contributed by atoms with Crippen LogP contribution in [0, 0.1) is 0 Å². The third-order valence-corrected chi connectivity index (χ3v) is 3.58. The molecule has 19 heavy (non-hydrogen) atoms. The van der Waals surface area contributed by atoms with E-state index in [1.54, 1.807) is 0 Å². The van der Waals surface area contributed by atoms with Gasteiger partial charge in [-0.2, -0.15) is 0 Å². The van der Waals surface area contributed by atoms with E-state index in [1.165, 1.54) is 58.5 Å².